The molecule has 0 aromatic heterocycles. The minimum absolute atomic E-state index is 1.15. The summed E-state index contributed by atoms with van der Waals surface area (Å²) in [6.07, 6.45) is 0. The van der Waals surface area contributed by atoms with Crippen molar-refractivity contribution in [1.82, 2.24) is 0 Å². The fraction of sp³-hybridized carbons (Fsp3) is 0.0303. The number of benzene rings is 6. The van der Waals surface area contributed by atoms with E-state index in [1.165, 1.54) is 43.9 Å². The van der Waals surface area contributed by atoms with Gasteiger partial charge in [0.05, 0.1) is 5.69 Å². The summed E-state index contributed by atoms with van der Waals surface area (Å²) in [4.78, 5) is 2.40. The molecule has 0 bridgehead atoms. The molecule has 0 fully saturated rings. The lowest BCUT2D eigenvalue weighted by Crippen LogP contribution is -2.11. The highest BCUT2D eigenvalue weighted by molar-refractivity contribution is 6.22. The summed E-state index contributed by atoms with van der Waals surface area (Å²) in [5, 5.41) is 5.00. The molecule has 1 nitrogen and oxygen atoms in total. The Morgan fingerprint density at radius 2 is 0.853 bits per heavy atom. The number of fused-ring (bicyclic) bond motifs is 2. The third kappa shape index (κ3) is 3.43. The van der Waals surface area contributed by atoms with Gasteiger partial charge in [-0.3, -0.25) is 0 Å². The molecule has 0 spiro atoms. The average Bonchev–Trinajstić information content (AvgIpc) is 2.90. The van der Waals surface area contributed by atoms with Gasteiger partial charge in [-0.15, -0.1) is 0 Å². The molecule has 0 saturated heterocycles. The van der Waals surface area contributed by atoms with Crippen molar-refractivity contribution in [3.8, 4) is 11.1 Å². The topological polar surface area (TPSA) is 3.24 Å². The molecule has 0 saturated carbocycles. The summed E-state index contributed by atoms with van der Waals surface area (Å²) in [6, 6.07) is 47.8. The van der Waals surface area contributed by atoms with E-state index in [0.717, 1.165) is 11.4 Å². The number of hydrogen-bond acceptors (Lipinski definition) is 1. The van der Waals surface area contributed by atoms with Crippen molar-refractivity contribution in [3.63, 3.8) is 0 Å². The van der Waals surface area contributed by atoms with Crippen LogP contribution < -0.4 is 4.90 Å². The van der Waals surface area contributed by atoms with E-state index in [-0.39, 0.29) is 0 Å². The Kier molecular flexibility index (Phi) is 5.08. The van der Waals surface area contributed by atoms with E-state index in [2.05, 4.69) is 145 Å². The highest BCUT2D eigenvalue weighted by Gasteiger charge is 2.21. The minimum atomic E-state index is 1.15. The van der Waals surface area contributed by atoms with Gasteiger partial charge >= 0.3 is 0 Å². The molecule has 0 heterocycles. The molecule has 0 aliphatic heterocycles. The maximum absolute atomic E-state index is 2.40. The predicted molar refractivity (Wildman–Crippen MR) is 146 cm³/mol. The Hall–Kier alpha value is -4.36. The summed E-state index contributed by atoms with van der Waals surface area (Å²) in [5.41, 5.74) is 7.29. The number of aryl methyl sites for hydroxylation is 1. The quantitative estimate of drug-likeness (QED) is 0.249. The van der Waals surface area contributed by atoms with Crippen LogP contribution in [0, 0.1) is 6.92 Å². The molecule has 0 N–H and O–H groups in total. The van der Waals surface area contributed by atoms with E-state index >= 15 is 0 Å². The number of para-hydroxylation sites is 1. The Morgan fingerprint density at radius 1 is 0.412 bits per heavy atom. The van der Waals surface area contributed by atoms with Gasteiger partial charge in [-0.25, -0.2) is 0 Å². The van der Waals surface area contributed by atoms with Crippen molar-refractivity contribution in [2.75, 3.05) is 4.90 Å². The summed E-state index contributed by atoms with van der Waals surface area (Å²) in [6.45, 7) is 2.14. The van der Waals surface area contributed by atoms with Crippen LogP contribution in [0.1, 0.15) is 5.56 Å². The molecule has 0 unspecified atom stereocenters. The molecular weight excluding hydrogens is 410 g/mol. The summed E-state index contributed by atoms with van der Waals surface area (Å²) < 4.78 is 0. The molecule has 6 aromatic carbocycles. The van der Waals surface area contributed by atoms with E-state index < -0.39 is 0 Å². The zero-order valence-electron chi connectivity index (χ0n) is 19.1. The first-order valence-corrected chi connectivity index (χ1v) is 11.7. The fourth-order valence-corrected chi connectivity index (χ4v) is 4.94. The predicted octanol–water partition coefficient (Wildman–Crippen LogP) is 9.44. The van der Waals surface area contributed by atoms with Gasteiger partial charge in [0.2, 0.25) is 0 Å². The van der Waals surface area contributed by atoms with Crippen LogP contribution in [0.15, 0.2) is 133 Å². The lowest BCUT2D eigenvalue weighted by Gasteiger charge is -2.29. The molecule has 162 valence electrons. The SMILES string of the molecule is Cc1ccc(N(c2ccccc2)c2c3ccccc3c(-c3ccccc3)c3ccccc23)cc1. The number of anilines is 3. The summed E-state index contributed by atoms with van der Waals surface area (Å²) in [5.74, 6) is 0. The second-order valence-corrected chi connectivity index (χ2v) is 8.69. The normalized spacial score (nSPS) is 11.1. The van der Waals surface area contributed by atoms with E-state index in [1.807, 2.05) is 0 Å². The van der Waals surface area contributed by atoms with Crippen LogP contribution in [0.25, 0.3) is 32.7 Å². The van der Waals surface area contributed by atoms with E-state index in [4.69, 9.17) is 0 Å². The largest absolute Gasteiger partial charge is 0.309 e. The van der Waals surface area contributed by atoms with Crippen molar-refractivity contribution < 1.29 is 0 Å². The summed E-state index contributed by atoms with van der Waals surface area (Å²) in [7, 11) is 0. The highest BCUT2D eigenvalue weighted by atomic mass is 15.1. The first-order valence-electron chi connectivity index (χ1n) is 11.7. The molecule has 0 atom stereocenters. The Labute approximate surface area is 200 Å². The average molecular weight is 436 g/mol. The van der Waals surface area contributed by atoms with E-state index in [1.54, 1.807) is 0 Å². The third-order valence-electron chi connectivity index (χ3n) is 6.50. The first-order chi connectivity index (χ1) is 16.8. The van der Waals surface area contributed by atoms with Crippen LogP contribution in [0.4, 0.5) is 17.1 Å². The zero-order chi connectivity index (χ0) is 22.9. The molecule has 0 amide bonds. The molecule has 6 rings (SSSR count). The lowest BCUT2D eigenvalue weighted by atomic mass is 9.90. The molecule has 0 radical (unpaired) electrons. The molecule has 34 heavy (non-hydrogen) atoms. The van der Waals surface area contributed by atoms with Crippen molar-refractivity contribution in [2.45, 2.75) is 6.92 Å². The van der Waals surface area contributed by atoms with Crippen LogP contribution in [0.5, 0.6) is 0 Å². The molecule has 6 aromatic rings. The number of nitrogens with zero attached hydrogens (tertiary/aromatic N) is 1. The van der Waals surface area contributed by atoms with Crippen LogP contribution in [0.2, 0.25) is 0 Å². The molecule has 0 aliphatic rings. The zero-order valence-corrected chi connectivity index (χ0v) is 19.1. The van der Waals surface area contributed by atoms with Crippen molar-refractivity contribution >= 4 is 38.6 Å². The summed E-state index contributed by atoms with van der Waals surface area (Å²) >= 11 is 0. The maximum atomic E-state index is 2.40. The monoisotopic (exact) mass is 435 g/mol. The van der Waals surface area contributed by atoms with Crippen LogP contribution in [-0.4, -0.2) is 0 Å². The minimum Gasteiger partial charge on any atom is -0.309 e. The van der Waals surface area contributed by atoms with E-state index in [9.17, 15) is 0 Å². The number of hydrogen-bond donors (Lipinski definition) is 0. The van der Waals surface area contributed by atoms with Gasteiger partial charge in [-0.2, -0.15) is 0 Å². The van der Waals surface area contributed by atoms with Gasteiger partial charge in [-0.1, -0.05) is 115 Å². The lowest BCUT2D eigenvalue weighted by molar-refractivity contribution is 1.30. The van der Waals surface area contributed by atoms with Crippen LogP contribution in [0.3, 0.4) is 0 Å². The molecule has 1 heteroatoms. The van der Waals surface area contributed by atoms with Crippen molar-refractivity contribution in [3.05, 3.63) is 139 Å². The standard InChI is InChI=1S/C33H25N/c1-24-20-22-27(23-21-24)34(26-14-6-3-7-15-26)33-30-18-10-8-16-28(30)32(25-12-4-2-5-13-25)29-17-9-11-19-31(29)33/h2-23H,1H3. The van der Waals surface area contributed by atoms with Crippen molar-refractivity contribution in [1.29, 1.82) is 0 Å². The molecular formula is C33H25N. The van der Waals surface area contributed by atoms with Crippen LogP contribution >= 0.6 is 0 Å². The Bertz CT molecular complexity index is 1530. The highest BCUT2D eigenvalue weighted by Crippen LogP contribution is 2.47. The Morgan fingerprint density at radius 3 is 1.41 bits per heavy atom. The van der Waals surface area contributed by atoms with Gasteiger partial charge in [0.15, 0.2) is 0 Å². The second-order valence-electron chi connectivity index (χ2n) is 8.69. The van der Waals surface area contributed by atoms with Gasteiger partial charge < -0.3 is 4.90 Å². The van der Waals surface area contributed by atoms with Gasteiger partial charge in [0.25, 0.3) is 0 Å². The van der Waals surface area contributed by atoms with Crippen LogP contribution in [-0.2, 0) is 0 Å². The van der Waals surface area contributed by atoms with Crippen molar-refractivity contribution in [2.24, 2.45) is 0 Å². The van der Waals surface area contributed by atoms with E-state index in [0.29, 0.717) is 0 Å². The second kappa shape index (κ2) is 8.53. The number of rotatable bonds is 4. The molecule has 0 aliphatic carbocycles. The van der Waals surface area contributed by atoms with Gasteiger partial charge in [0.1, 0.15) is 0 Å². The Balaban J connectivity index is 1.77. The fourth-order valence-electron chi connectivity index (χ4n) is 4.94. The smallest absolute Gasteiger partial charge is 0.0618 e. The van der Waals surface area contributed by atoms with Gasteiger partial charge in [0, 0.05) is 22.1 Å². The first kappa shape index (κ1) is 20.3. The van der Waals surface area contributed by atoms with Gasteiger partial charge in [-0.05, 0) is 53.1 Å². The maximum Gasteiger partial charge on any atom is 0.0618 e. The third-order valence-corrected chi connectivity index (χ3v) is 6.50.